The Bertz CT molecular complexity index is 2820. The number of rotatable bonds is 28. The van der Waals surface area contributed by atoms with E-state index >= 15 is 0 Å². The Balaban J connectivity index is 1.03. The molecule has 0 aromatic heterocycles. The van der Waals surface area contributed by atoms with Gasteiger partial charge in [-0.05, 0) is 78.6 Å². The molecule has 4 heterocycles. The summed E-state index contributed by atoms with van der Waals surface area (Å²) in [5.41, 5.74) is 22.6. The molecule has 0 bridgehead atoms. The van der Waals surface area contributed by atoms with E-state index < -0.39 is 146 Å². The molecule has 3 aromatic carbocycles. The van der Waals surface area contributed by atoms with Gasteiger partial charge in [0.1, 0.15) is 24.9 Å². The molecule has 4 fully saturated rings. The first-order chi connectivity index (χ1) is 42.4. The highest BCUT2D eigenvalue weighted by Gasteiger charge is 2.57. The molecular weight excluding hydrogens is 1140 g/mol. The number of benzene rings is 3. The molecule has 20 atom stereocenters. The van der Waals surface area contributed by atoms with E-state index in [1.165, 1.54) is 27.9 Å². The number of hydrogen-bond donors (Lipinski definition) is 0. The lowest BCUT2D eigenvalue weighted by molar-refractivity contribution is -0.358. The summed E-state index contributed by atoms with van der Waals surface area (Å²) in [4.78, 5) is 74.2. The topological polar surface area (TPSA) is 306 Å². The summed E-state index contributed by atoms with van der Waals surface area (Å²) >= 11 is 0. The van der Waals surface area contributed by atoms with Gasteiger partial charge in [-0.2, -0.15) is 0 Å². The van der Waals surface area contributed by atoms with Crippen LogP contribution in [0.15, 0.2) is 101 Å². The van der Waals surface area contributed by atoms with Crippen LogP contribution < -0.4 is 0 Å². The van der Waals surface area contributed by atoms with Crippen LogP contribution in [0.25, 0.3) is 20.9 Å². The van der Waals surface area contributed by atoms with E-state index in [9.17, 15) is 35.0 Å². The zero-order valence-corrected chi connectivity index (χ0v) is 51.8. The third-order valence-corrected chi connectivity index (χ3v) is 16.6. The molecule has 1 amide bonds. The lowest BCUT2D eigenvalue weighted by Gasteiger charge is -2.51. The number of ether oxygens (including phenoxy) is 13. The van der Waals surface area contributed by atoms with Crippen molar-refractivity contribution in [3.63, 3.8) is 0 Å². The van der Waals surface area contributed by atoms with E-state index in [-0.39, 0.29) is 25.6 Å². The van der Waals surface area contributed by atoms with E-state index in [1.807, 2.05) is 112 Å². The van der Waals surface area contributed by atoms with Crippen LogP contribution in [0.4, 0.5) is 4.79 Å². The van der Waals surface area contributed by atoms with E-state index in [0.29, 0.717) is 45.2 Å². The molecule has 0 radical (unpaired) electrons. The highest BCUT2D eigenvalue weighted by atomic mass is 16.8. The number of carbonyl (C=O) groups excluding carboxylic acids is 5. The predicted octanol–water partition coefficient (Wildman–Crippen LogP) is 10.0. The second-order valence-electron chi connectivity index (χ2n) is 22.8. The number of ketones is 1. The van der Waals surface area contributed by atoms with Crippen molar-refractivity contribution < 1.29 is 85.6 Å². The Morgan fingerprint density at radius 1 is 0.534 bits per heavy atom. The standard InChI is InChI=1S/C63H85N7O18/c1-11-46-51(36(3)48(66-68-64)59(82-46)77-32-24-16-23-31-70(33-43-25-17-13-18-26-43)63(75)79-35-45-29-21-15-22-30-45)85-61-55(80-41(8)72)39(6)54(56(88-61)58(74)76-10)87-60-49(67-69-65)37(4)52(47(12-2)83-60)86-62-57(81-42(9)73)53(38(5)50(84-62)40(7)71)78-34-44-27-19-14-20-28-44/h13-15,17-22,25-30,36-39,46-57,59-62H,11-12,16,23-24,31-35H2,1-10H3/t36?,37-,38-,39?,46?,47?,48?,49?,50?,51+,52+,53-,54+,55?,56-,57?,59+,60-,61-,62+/m1/s1. The number of esters is 3. The molecule has 3 aromatic rings. The Morgan fingerprint density at radius 2 is 1.03 bits per heavy atom. The second-order valence-corrected chi connectivity index (χ2v) is 22.8. The Hall–Kier alpha value is -6.73. The minimum atomic E-state index is -1.55. The highest BCUT2D eigenvalue weighted by Crippen LogP contribution is 2.42. The van der Waals surface area contributed by atoms with Crippen LogP contribution in [0.3, 0.4) is 0 Å². The van der Waals surface area contributed by atoms with Crippen LogP contribution in [0.1, 0.15) is 111 Å². The van der Waals surface area contributed by atoms with Crippen molar-refractivity contribution in [1.29, 1.82) is 0 Å². The lowest BCUT2D eigenvalue weighted by atomic mass is 9.85. The number of azide groups is 2. The smallest absolute Gasteiger partial charge is 0.410 e. The average Bonchev–Trinajstić information content (AvgIpc) is 2.77. The summed E-state index contributed by atoms with van der Waals surface area (Å²) in [7, 11) is 1.17. The van der Waals surface area contributed by atoms with Crippen molar-refractivity contribution in [3.8, 4) is 0 Å². The summed E-state index contributed by atoms with van der Waals surface area (Å²) in [5, 5.41) is 8.24. The van der Waals surface area contributed by atoms with Gasteiger partial charge in [0.15, 0.2) is 49.3 Å². The fourth-order valence-electron chi connectivity index (χ4n) is 11.9. The van der Waals surface area contributed by atoms with Crippen LogP contribution in [0.5, 0.6) is 0 Å². The maximum absolute atomic E-state index is 14.0. The summed E-state index contributed by atoms with van der Waals surface area (Å²) in [5.74, 6) is -5.35. The van der Waals surface area contributed by atoms with Crippen molar-refractivity contribution >= 4 is 29.8 Å². The van der Waals surface area contributed by atoms with Crippen LogP contribution in [0.2, 0.25) is 0 Å². The van der Waals surface area contributed by atoms with Crippen molar-refractivity contribution in [1.82, 2.24) is 4.90 Å². The summed E-state index contributed by atoms with van der Waals surface area (Å²) < 4.78 is 81.7. The molecule has 25 heteroatoms. The van der Waals surface area contributed by atoms with Gasteiger partial charge in [0.25, 0.3) is 0 Å². The van der Waals surface area contributed by atoms with E-state index in [0.717, 1.165) is 16.7 Å². The van der Waals surface area contributed by atoms with Crippen molar-refractivity contribution in [2.24, 2.45) is 33.9 Å². The molecule has 0 N–H and O–H groups in total. The molecule has 25 nitrogen and oxygen atoms in total. The fourth-order valence-corrected chi connectivity index (χ4v) is 11.9. The molecule has 9 unspecified atom stereocenters. The van der Waals surface area contributed by atoms with Crippen LogP contribution >= 0.6 is 0 Å². The van der Waals surface area contributed by atoms with Gasteiger partial charge in [-0.15, -0.1) is 0 Å². The Kier molecular flexibility index (Phi) is 26.4. The minimum Gasteiger partial charge on any atom is -0.467 e. The average molecular weight is 1230 g/mol. The predicted molar refractivity (Wildman–Crippen MR) is 314 cm³/mol. The molecule has 7 rings (SSSR count). The number of methoxy groups -OCH3 is 1. The number of hydrogen-bond acceptors (Lipinski definition) is 20. The van der Waals surface area contributed by atoms with E-state index in [4.69, 9.17) is 61.6 Å². The third kappa shape index (κ3) is 18.0. The molecule has 4 aliphatic rings. The first-order valence-electron chi connectivity index (χ1n) is 30.3. The molecular formula is C63H85N7O18. The third-order valence-electron chi connectivity index (χ3n) is 16.6. The van der Waals surface area contributed by atoms with Crippen molar-refractivity contribution in [2.45, 2.75) is 212 Å². The molecule has 0 aliphatic carbocycles. The molecule has 4 aliphatic heterocycles. The van der Waals surface area contributed by atoms with Gasteiger partial charge in [0, 0.05) is 55.2 Å². The van der Waals surface area contributed by atoms with E-state index in [2.05, 4.69) is 20.1 Å². The van der Waals surface area contributed by atoms with Gasteiger partial charge < -0.3 is 66.5 Å². The maximum atomic E-state index is 14.0. The van der Waals surface area contributed by atoms with Crippen molar-refractivity contribution in [2.75, 3.05) is 20.3 Å². The molecule has 0 spiro atoms. The van der Waals surface area contributed by atoms with Gasteiger partial charge in [-0.25, -0.2) is 9.59 Å². The van der Waals surface area contributed by atoms with Gasteiger partial charge in [0.2, 0.25) is 0 Å². The minimum absolute atomic E-state index is 0.129. The Morgan fingerprint density at radius 3 is 1.57 bits per heavy atom. The maximum Gasteiger partial charge on any atom is 0.410 e. The Labute approximate surface area is 513 Å². The van der Waals surface area contributed by atoms with E-state index in [1.54, 1.807) is 25.7 Å². The van der Waals surface area contributed by atoms with Crippen LogP contribution in [0, 0.1) is 23.7 Å². The molecule has 0 saturated carbocycles. The van der Waals surface area contributed by atoms with Crippen molar-refractivity contribution in [3.05, 3.63) is 129 Å². The summed E-state index contributed by atoms with van der Waals surface area (Å²) in [6, 6.07) is 26.5. The van der Waals surface area contributed by atoms with Gasteiger partial charge in [-0.1, -0.05) is 143 Å². The number of carbonyl (C=O) groups is 5. The first kappa shape index (κ1) is 68.8. The number of Topliss-reactive ketones (excluding diaryl/α,β-unsaturated/α-hetero) is 1. The highest BCUT2D eigenvalue weighted by molar-refractivity contribution is 5.81. The van der Waals surface area contributed by atoms with Gasteiger partial charge >= 0.3 is 24.0 Å². The largest absolute Gasteiger partial charge is 0.467 e. The first-order valence-corrected chi connectivity index (χ1v) is 30.3. The van der Waals surface area contributed by atoms with Crippen LogP contribution in [-0.4, -0.2) is 153 Å². The number of nitrogens with zero attached hydrogens (tertiary/aromatic N) is 7. The summed E-state index contributed by atoms with van der Waals surface area (Å²) in [6.45, 7) is 15.9. The lowest BCUT2D eigenvalue weighted by Crippen LogP contribution is -2.64. The molecule has 480 valence electrons. The quantitative estimate of drug-likeness (QED) is 0.0163. The fraction of sp³-hybridized carbons (Fsp3) is 0.635. The van der Waals surface area contributed by atoms with Gasteiger partial charge in [0.05, 0.1) is 50.2 Å². The number of amides is 1. The molecule has 4 saturated heterocycles. The monoisotopic (exact) mass is 1230 g/mol. The zero-order valence-electron chi connectivity index (χ0n) is 51.8. The van der Waals surface area contributed by atoms with Gasteiger partial charge in [-0.3, -0.25) is 14.4 Å². The van der Waals surface area contributed by atoms with Crippen LogP contribution in [-0.2, 0) is 101 Å². The zero-order chi connectivity index (χ0) is 63.4. The second kappa shape index (κ2) is 33.7. The number of unbranched alkanes of at least 4 members (excludes halogenated alkanes) is 2. The summed E-state index contributed by atoms with van der Waals surface area (Å²) in [6.07, 6.45) is -13.4. The normalized spacial score (nSPS) is 32.0. The molecule has 88 heavy (non-hydrogen) atoms. The SMILES string of the molecule is CCC1O[C@H](OCCCCCN(Cc2ccccc2)C(=O)OCc2ccccc2)C(N=[N+]=[N-])C(C)[C@@H]1O[C@@H]1O[C@@H](C(=O)OC)[C@@H](O[C@H]2OC(CC)[C@@H](O[C@@H]3OC(C(C)=O)[C@@H](C)[C@@H](OCc4ccccc4)C3OC(C)=O)[C@H](C)C2N=[N+]=[N-])C(C)C1OC(C)=O.